The summed E-state index contributed by atoms with van der Waals surface area (Å²) in [6.45, 7) is 6.59. The van der Waals surface area contributed by atoms with Gasteiger partial charge in [0.25, 0.3) is 0 Å². The van der Waals surface area contributed by atoms with Crippen LogP contribution in [-0.4, -0.2) is 44.8 Å². The number of hydrogen-bond acceptors (Lipinski definition) is 4. The average molecular weight is 215 g/mol. The summed E-state index contributed by atoms with van der Waals surface area (Å²) in [5.41, 5.74) is 0. The summed E-state index contributed by atoms with van der Waals surface area (Å²) >= 11 is 0. The van der Waals surface area contributed by atoms with Gasteiger partial charge in [0.1, 0.15) is 0 Å². The molecule has 0 amide bonds. The van der Waals surface area contributed by atoms with Gasteiger partial charge in [-0.2, -0.15) is 0 Å². The lowest BCUT2D eigenvalue weighted by Crippen LogP contribution is -2.26. The van der Waals surface area contributed by atoms with E-state index in [0.29, 0.717) is 12.5 Å². The lowest BCUT2D eigenvalue weighted by Gasteiger charge is -2.21. The van der Waals surface area contributed by atoms with Crippen molar-refractivity contribution in [1.29, 1.82) is 0 Å². The molecule has 0 aromatic rings. The van der Waals surface area contributed by atoms with Crippen LogP contribution in [0.4, 0.5) is 0 Å². The van der Waals surface area contributed by atoms with Gasteiger partial charge in [-0.05, 0) is 5.92 Å². The number of carbonyl (C=O) groups is 1. The quantitative estimate of drug-likeness (QED) is 0.473. The average Bonchev–Trinajstić information content (AvgIpc) is 2.20. The molecule has 4 heteroatoms. The van der Waals surface area contributed by atoms with E-state index in [1.807, 2.05) is 4.90 Å². The Morgan fingerprint density at radius 1 is 1.40 bits per heavy atom. The number of methoxy groups -OCH3 is 2. The predicted molar refractivity (Wildman–Crippen MR) is 59.4 cm³/mol. The van der Waals surface area contributed by atoms with Crippen LogP contribution in [0, 0.1) is 5.92 Å². The molecule has 0 saturated heterocycles. The molecular weight excluding hydrogens is 194 g/mol. The van der Waals surface area contributed by atoms with Gasteiger partial charge in [-0.1, -0.05) is 13.8 Å². The molecular formula is C11H21NO3. The molecule has 4 nitrogen and oxygen atoms in total. The molecule has 0 radical (unpaired) electrons. The van der Waals surface area contributed by atoms with Gasteiger partial charge in [0.2, 0.25) is 0 Å². The van der Waals surface area contributed by atoms with Crippen molar-refractivity contribution in [2.24, 2.45) is 5.92 Å². The van der Waals surface area contributed by atoms with Crippen molar-refractivity contribution in [1.82, 2.24) is 4.90 Å². The molecule has 88 valence electrons. The molecule has 0 saturated carbocycles. The Balaban J connectivity index is 4.10. The zero-order chi connectivity index (χ0) is 11.7. The molecule has 0 aromatic heterocycles. The molecule has 0 N–H and O–H groups in total. The van der Waals surface area contributed by atoms with Gasteiger partial charge in [0, 0.05) is 32.5 Å². The van der Waals surface area contributed by atoms with E-state index in [1.54, 1.807) is 13.3 Å². The third-order valence-corrected chi connectivity index (χ3v) is 1.80. The van der Waals surface area contributed by atoms with Crippen LogP contribution in [-0.2, 0) is 14.3 Å². The molecule has 0 aliphatic rings. The second-order valence-electron chi connectivity index (χ2n) is 3.72. The lowest BCUT2D eigenvalue weighted by molar-refractivity contribution is -0.134. The van der Waals surface area contributed by atoms with Gasteiger partial charge in [-0.3, -0.25) is 0 Å². The van der Waals surface area contributed by atoms with E-state index in [4.69, 9.17) is 4.74 Å². The van der Waals surface area contributed by atoms with Crippen molar-refractivity contribution in [2.75, 3.05) is 33.9 Å². The minimum Gasteiger partial charge on any atom is -0.466 e. The topological polar surface area (TPSA) is 38.8 Å². The first-order valence-electron chi connectivity index (χ1n) is 5.09. The number of esters is 1. The summed E-state index contributed by atoms with van der Waals surface area (Å²) in [7, 11) is 3.03. The Bertz CT molecular complexity index is 202. The number of ether oxygens (including phenoxy) is 2. The molecule has 0 atom stereocenters. The first-order chi connectivity index (χ1) is 7.10. The van der Waals surface area contributed by atoms with Crippen LogP contribution in [0.25, 0.3) is 0 Å². The van der Waals surface area contributed by atoms with Crippen molar-refractivity contribution in [3.63, 3.8) is 0 Å². The molecule has 15 heavy (non-hydrogen) atoms. The summed E-state index contributed by atoms with van der Waals surface area (Å²) in [5.74, 6) is 0.213. The summed E-state index contributed by atoms with van der Waals surface area (Å²) in [5, 5.41) is 0. The molecule has 0 bridgehead atoms. The Labute approximate surface area is 91.8 Å². The SMILES string of the molecule is COCCN(C=CC(=O)OC)CC(C)C. The Hall–Kier alpha value is -1.03. The highest BCUT2D eigenvalue weighted by atomic mass is 16.5. The summed E-state index contributed by atoms with van der Waals surface area (Å²) in [6.07, 6.45) is 3.18. The number of rotatable bonds is 7. The van der Waals surface area contributed by atoms with Crippen LogP contribution >= 0.6 is 0 Å². The van der Waals surface area contributed by atoms with Crippen LogP contribution in [0.1, 0.15) is 13.8 Å². The second-order valence-corrected chi connectivity index (χ2v) is 3.72. The predicted octanol–water partition coefficient (Wildman–Crippen LogP) is 1.28. The molecule has 0 aliphatic carbocycles. The van der Waals surface area contributed by atoms with E-state index in [9.17, 15) is 4.79 Å². The second kappa shape index (κ2) is 8.29. The first-order valence-corrected chi connectivity index (χ1v) is 5.09. The van der Waals surface area contributed by atoms with Gasteiger partial charge in [0.15, 0.2) is 0 Å². The van der Waals surface area contributed by atoms with Crippen molar-refractivity contribution < 1.29 is 14.3 Å². The fraction of sp³-hybridized carbons (Fsp3) is 0.727. The monoisotopic (exact) mass is 215 g/mol. The number of nitrogens with zero attached hydrogens (tertiary/aromatic N) is 1. The maximum absolute atomic E-state index is 10.9. The van der Waals surface area contributed by atoms with E-state index in [0.717, 1.165) is 13.1 Å². The van der Waals surface area contributed by atoms with E-state index >= 15 is 0 Å². The first kappa shape index (κ1) is 14.0. The Morgan fingerprint density at radius 2 is 2.07 bits per heavy atom. The van der Waals surface area contributed by atoms with E-state index in [-0.39, 0.29) is 5.97 Å². The Morgan fingerprint density at radius 3 is 2.53 bits per heavy atom. The van der Waals surface area contributed by atoms with E-state index in [1.165, 1.54) is 13.2 Å². The smallest absolute Gasteiger partial charge is 0.331 e. The number of carbonyl (C=O) groups excluding carboxylic acids is 1. The summed E-state index contributed by atoms with van der Waals surface area (Å²) in [4.78, 5) is 13.0. The fourth-order valence-electron chi connectivity index (χ4n) is 1.14. The van der Waals surface area contributed by atoms with Gasteiger partial charge < -0.3 is 14.4 Å². The zero-order valence-electron chi connectivity index (χ0n) is 10.0. The molecule has 0 rings (SSSR count). The van der Waals surface area contributed by atoms with Crippen molar-refractivity contribution >= 4 is 5.97 Å². The maximum Gasteiger partial charge on any atom is 0.331 e. The molecule has 0 fully saturated rings. The number of hydrogen-bond donors (Lipinski definition) is 0. The van der Waals surface area contributed by atoms with Crippen LogP contribution in [0.15, 0.2) is 12.3 Å². The van der Waals surface area contributed by atoms with Crippen LogP contribution in [0.5, 0.6) is 0 Å². The zero-order valence-corrected chi connectivity index (χ0v) is 10.0. The maximum atomic E-state index is 10.9. The summed E-state index contributed by atoms with van der Waals surface area (Å²) < 4.78 is 9.52. The molecule has 0 aromatic carbocycles. The lowest BCUT2D eigenvalue weighted by atomic mass is 10.2. The van der Waals surface area contributed by atoms with E-state index < -0.39 is 0 Å². The van der Waals surface area contributed by atoms with Gasteiger partial charge >= 0.3 is 5.97 Å². The highest BCUT2D eigenvalue weighted by Crippen LogP contribution is 1.99. The third kappa shape index (κ3) is 8.00. The minimum atomic E-state index is -0.332. The highest BCUT2D eigenvalue weighted by Gasteiger charge is 2.03. The van der Waals surface area contributed by atoms with Crippen LogP contribution < -0.4 is 0 Å². The summed E-state index contributed by atoms with van der Waals surface area (Å²) in [6, 6.07) is 0. The van der Waals surface area contributed by atoms with Gasteiger partial charge in [-0.15, -0.1) is 0 Å². The van der Waals surface area contributed by atoms with Crippen LogP contribution in [0.3, 0.4) is 0 Å². The minimum absolute atomic E-state index is 0.332. The van der Waals surface area contributed by atoms with Crippen molar-refractivity contribution in [3.05, 3.63) is 12.3 Å². The standard InChI is InChI=1S/C11H21NO3/c1-10(2)9-12(7-8-14-3)6-5-11(13)15-4/h5-6,10H,7-9H2,1-4H3. The molecule has 0 unspecified atom stereocenters. The van der Waals surface area contributed by atoms with Gasteiger partial charge in [-0.25, -0.2) is 4.79 Å². The normalized spacial score (nSPS) is 11.0. The van der Waals surface area contributed by atoms with Crippen LogP contribution in [0.2, 0.25) is 0 Å². The Kier molecular flexibility index (Phi) is 7.72. The van der Waals surface area contributed by atoms with Crippen molar-refractivity contribution in [3.8, 4) is 0 Å². The third-order valence-electron chi connectivity index (χ3n) is 1.80. The molecule has 0 aliphatic heterocycles. The van der Waals surface area contributed by atoms with Crippen molar-refractivity contribution in [2.45, 2.75) is 13.8 Å². The molecule has 0 spiro atoms. The largest absolute Gasteiger partial charge is 0.466 e. The van der Waals surface area contributed by atoms with E-state index in [2.05, 4.69) is 18.6 Å². The fourth-order valence-corrected chi connectivity index (χ4v) is 1.14. The molecule has 0 heterocycles. The highest BCUT2D eigenvalue weighted by molar-refractivity contribution is 5.81. The van der Waals surface area contributed by atoms with Gasteiger partial charge in [0.05, 0.1) is 13.7 Å².